The fourth-order valence-electron chi connectivity index (χ4n) is 3.46. The Labute approximate surface area is 154 Å². The summed E-state index contributed by atoms with van der Waals surface area (Å²) in [6.07, 6.45) is 1.81. The van der Waals surface area contributed by atoms with E-state index in [1.807, 2.05) is 0 Å². The number of benzene rings is 1. The molecule has 0 aliphatic carbocycles. The van der Waals surface area contributed by atoms with E-state index < -0.39 is 0 Å². The summed E-state index contributed by atoms with van der Waals surface area (Å²) in [6, 6.07) is 10.9. The van der Waals surface area contributed by atoms with E-state index in [9.17, 15) is 4.79 Å². The minimum absolute atomic E-state index is 0.0903. The molecule has 2 amide bonds. The number of nitrogens with one attached hydrogen (secondary N) is 2. The molecule has 134 valence electrons. The molecule has 2 heterocycles. The molecule has 0 spiro atoms. The largest absolute Gasteiger partial charge is 0.337 e. The summed E-state index contributed by atoms with van der Waals surface area (Å²) in [5.74, 6) is 0. The van der Waals surface area contributed by atoms with Crippen LogP contribution in [0.5, 0.6) is 0 Å². The van der Waals surface area contributed by atoms with Crippen molar-refractivity contribution in [1.82, 2.24) is 15.5 Å². The number of amides is 2. The Morgan fingerprint density at radius 3 is 2.76 bits per heavy atom. The third-order valence-electron chi connectivity index (χ3n) is 4.79. The Bertz CT molecular complexity index is 711. The van der Waals surface area contributed by atoms with E-state index in [0.717, 1.165) is 19.4 Å². The van der Waals surface area contributed by atoms with Gasteiger partial charge in [0.15, 0.2) is 0 Å². The first-order valence-electron chi connectivity index (χ1n) is 8.77. The van der Waals surface area contributed by atoms with Crippen LogP contribution < -0.4 is 10.6 Å². The Morgan fingerprint density at radius 2 is 2.04 bits per heavy atom. The van der Waals surface area contributed by atoms with E-state index in [-0.39, 0.29) is 11.6 Å². The Hall–Kier alpha value is -1.85. The zero-order chi connectivity index (χ0) is 17.9. The van der Waals surface area contributed by atoms with Crippen molar-refractivity contribution in [2.75, 3.05) is 13.6 Å². The number of thiophene rings is 1. The van der Waals surface area contributed by atoms with Gasteiger partial charge in [0.1, 0.15) is 0 Å². The quantitative estimate of drug-likeness (QED) is 0.861. The van der Waals surface area contributed by atoms with E-state index in [1.165, 1.54) is 16.7 Å². The normalized spacial score (nSPS) is 17.8. The van der Waals surface area contributed by atoms with Crippen LogP contribution in [0, 0.1) is 0 Å². The zero-order valence-electron chi connectivity index (χ0n) is 15.2. The molecule has 0 bridgehead atoms. The summed E-state index contributed by atoms with van der Waals surface area (Å²) in [7, 11) is 2.13. The molecule has 1 aromatic heterocycles. The van der Waals surface area contributed by atoms with Gasteiger partial charge in [0, 0.05) is 24.7 Å². The summed E-state index contributed by atoms with van der Waals surface area (Å²) in [5, 5.41) is 10.4. The summed E-state index contributed by atoms with van der Waals surface area (Å²) < 4.78 is 0. The second-order valence-electron chi connectivity index (χ2n) is 7.57. The van der Waals surface area contributed by atoms with Crippen LogP contribution in [0.1, 0.15) is 30.5 Å². The van der Waals surface area contributed by atoms with Gasteiger partial charge in [-0.05, 0) is 67.3 Å². The van der Waals surface area contributed by atoms with Crippen LogP contribution in [0.2, 0.25) is 0 Å². The molecule has 25 heavy (non-hydrogen) atoms. The highest BCUT2D eigenvalue weighted by molar-refractivity contribution is 7.07. The molecule has 4 nitrogen and oxygen atoms in total. The second-order valence-corrected chi connectivity index (χ2v) is 8.35. The van der Waals surface area contributed by atoms with Gasteiger partial charge in [-0.3, -0.25) is 4.90 Å². The lowest BCUT2D eigenvalue weighted by atomic mass is 9.94. The van der Waals surface area contributed by atoms with Gasteiger partial charge in [0.05, 0.1) is 0 Å². The van der Waals surface area contributed by atoms with E-state index in [0.29, 0.717) is 12.6 Å². The first-order valence-corrected chi connectivity index (χ1v) is 9.71. The average Bonchev–Trinajstić information content (AvgIpc) is 3.04. The van der Waals surface area contributed by atoms with Crippen molar-refractivity contribution in [3.8, 4) is 0 Å². The van der Waals surface area contributed by atoms with Gasteiger partial charge in [0.25, 0.3) is 0 Å². The molecule has 1 aromatic carbocycles. The Balaban J connectivity index is 1.50. The number of carbonyl (C=O) groups excluding carboxylic acids is 1. The predicted octanol–water partition coefficient (Wildman–Crippen LogP) is 3.43. The molecule has 1 atom stereocenters. The topological polar surface area (TPSA) is 44.4 Å². The van der Waals surface area contributed by atoms with Crippen LogP contribution in [-0.2, 0) is 19.4 Å². The Kier molecular flexibility index (Phi) is 5.45. The van der Waals surface area contributed by atoms with E-state index in [2.05, 4.69) is 77.5 Å². The first-order chi connectivity index (χ1) is 11.9. The summed E-state index contributed by atoms with van der Waals surface area (Å²) in [6.45, 7) is 5.72. The lowest BCUT2D eigenvalue weighted by Crippen LogP contribution is -2.53. The van der Waals surface area contributed by atoms with Crippen molar-refractivity contribution < 1.29 is 4.79 Å². The predicted molar refractivity (Wildman–Crippen MR) is 104 cm³/mol. The molecule has 2 N–H and O–H groups in total. The van der Waals surface area contributed by atoms with Crippen LogP contribution in [-0.4, -0.2) is 36.1 Å². The van der Waals surface area contributed by atoms with Crippen LogP contribution >= 0.6 is 11.3 Å². The molecule has 1 aliphatic rings. The van der Waals surface area contributed by atoms with Gasteiger partial charge in [-0.15, -0.1) is 0 Å². The molecule has 0 radical (unpaired) electrons. The number of fused-ring (bicyclic) bond motifs is 1. The molecule has 1 unspecified atom stereocenters. The molecule has 2 aromatic rings. The van der Waals surface area contributed by atoms with Crippen LogP contribution in [0.25, 0.3) is 0 Å². The van der Waals surface area contributed by atoms with Gasteiger partial charge in [0.2, 0.25) is 0 Å². The molecule has 0 fully saturated rings. The highest BCUT2D eigenvalue weighted by Gasteiger charge is 2.25. The summed E-state index contributed by atoms with van der Waals surface area (Å²) in [5.41, 5.74) is 3.78. The maximum Gasteiger partial charge on any atom is 0.315 e. The van der Waals surface area contributed by atoms with Crippen LogP contribution in [0.4, 0.5) is 4.79 Å². The van der Waals surface area contributed by atoms with E-state index in [1.54, 1.807) is 11.3 Å². The van der Waals surface area contributed by atoms with Gasteiger partial charge in [-0.2, -0.15) is 11.3 Å². The molecule has 3 rings (SSSR count). The van der Waals surface area contributed by atoms with E-state index in [4.69, 9.17) is 0 Å². The van der Waals surface area contributed by atoms with Crippen molar-refractivity contribution in [2.24, 2.45) is 0 Å². The number of nitrogens with zero attached hydrogens (tertiary/aromatic N) is 1. The van der Waals surface area contributed by atoms with Crippen molar-refractivity contribution in [2.45, 2.75) is 44.8 Å². The monoisotopic (exact) mass is 357 g/mol. The average molecular weight is 358 g/mol. The summed E-state index contributed by atoms with van der Waals surface area (Å²) in [4.78, 5) is 14.7. The number of urea groups is 1. The fourth-order valence-corrected chi connectivity index (χ4v) is 4.12. The van der Waals surface area contributed by atoms with Crippen LogP contribution in [0.15, 0.2) is 41.1 Å². The first kappa shape index (κ1) is 18.0. The van der Waals surface area contributed by atoms with E-state index >= 15 is 0 Å². The third-order valence-corrected chi connectivity index (χ3v) is 5.53. The van der Waals surface area contributed by atoms with Gasteiger partial charge in [-0.1, -0.05) is 24.3 Å². The van der Waals surface area contributed by atoms with Gasteiger partial charge < -0.3 is 10.6 Å². The highest BCUT2D eigenvalue weighted by Crippen LogP contribution is 2.21. The lowest BCUT2D eigenvalue weighted by molar-refractivity contribution is 0.200. The molecule has 1 aliphatic heterocycles. The molecular formula is C20H27N3OS. The standard InChI is InChI=1S/C20H27N3OS/c1-20(2,11-15-8-9-25-14-15)22-19(24)21-12-18-10-16-6-4-5-7-17(16)13-23(18)3/h4-9,14,18H,10-13H2,1-3H3,(H2,21,22,24). The SMILES string of the molecule is CN1Cc2ccccc2CC1CNC(=O)NC(C)(C)Cc1ccsc1. The highest BCUT2D eigenvalue weighted by atomic mass is 32.1. The lowest BCUT2D eigenvalue weighted by Gasteiger charge is -2.34. The second kappa shape index (κ2) is 7.58. The van der Waals surface area contributed by atoms with Crippen molar-refractivity contribution in [3.05, 3.63) is 57.8 Å². The Morgan fingerprint density at radius 1 is 1.28 bits per heavy atom. The zero-order valence-corrected chi connectivity index (χ0v) is 16.0. The molecule has 5 heteroatoms. The number of hydrogen-bond donors (Lipinski definition) is 2. The maximum absolute atomic E-state index is 12.3. The maximum atomic E-state index is 12.3. The number of rotatable bonds is 5. The van der Waals surface area contributed by atoms with Crippen molar-refractivity contribution >= 4 is 17.4 Å². The smallest absolute Gasteiger partial charge is 0.315 e. The molecule has 0 saturated carbocycles. The van der Waals surface area contributed by atoms with Crippen LogP contribution in [0.3, 0.4) is 0 Å². The fraction of sp³-hybridized carbons (Fsp3) is 0.450. The van der Waals surface area contributed by atoms with Crippen molar-refractivity contribution in [1.29, 1.82) is 0 Å². The van der Waals surface area contributed by atoms with Crippen molar-refractivity contribution in [3.63, 3.8) is 0 Å². The molecular weight excluding hydrogens is 330 g/mol. The number of likely N-dealkylation sites (N-methyl/N-ethyl adjacent to an activating group) is 1. The number of carbonyl (C=O) groups is 1. The number of hydrogen-bond acceptors (Lipinski definition) is 3. The minimum atomic E-state index is -0.268. The summed E-state index contributed by atoms with van der Waals surface area (Å²) >= 11 is 1.69. The van der Waals surface area contributed by atoms with Gasteiger partial charge >= 0.3 is 6.03 Å². The minimum Gasteiger partial charge on any atom is -0.337 e. The third kappa shape index (κ3) is 4.83. The molecule has 0 saturated heterocycles. The van der Waals surface area contributed by atoms with Gasteiger partial charge in [-0.25, -0.2) is 4.79 Å².